The van der Waals surface area contributed by atoms with E-state index >= 15 is 0 Å². The van der Waals surface area contributed by atoms with Crippen molar-refractivity contribution in [3.05, 3.63) is 47.0 Å². The van der Waals surface area contributed by atoms with E-state index in [-0.39, 0.29) is 11.7 Å². The van der Waals surface area contributed by atoms with Gasteiger partial charge in [0.2, 0.25) is 0 Å². The zero-order chi connectivity index (χ0) is 22.0. The molecular formula is C19H19F6NO3. The summed E-state index contributed by atoms with van der Waals surface area (Å²) in [4.78, 5) is 4.45. The number of nitrogens with one attached hydrogen (secondary N) is 1. The highest BCUT2D eigenvalue weighted by Gasteiger charge is 2.43. The van der Waals surface area contributed by atoms with E-state index in [4.69, 9.17) is 9.47 Å². The summed E-state index contributed by atoms with van der Waals surface area (Å²) >= 11 is 0. The van der Waals surface area contributed by atoms with E-state index < -0.39 is 34.9 Å². The molecule has 0 atom stereocenters. The summed E-state index contributed by atoms with van der Waals surface area (Å²) in [5, 5.41) is 0. The van der Waals surface area contributed by atoms with E-state index in [0.29, 0.717) is 23.4 Å². The monoisotopic (exact) mass is 423 g/mol. The zero-order valence-corrected chi connectivity index (χ0v) is 16.0. The third-order valence-corrected chi connectivity index (χ3v) is 3.96. The lowest BCUT2D eigenvalue weighted by molar-refractivity contribution is -0.144. The molecule has 0 fully saturated rings. The quantitative estimate of drug-likeness (QED) is 0.419. The molecule has 0 spiro atoms. The molecule has 1 N–H and O–H groups in total. The Morgan fingerprint density at radius 2 is 1.41 bits per heavy atom. The van der Waals surface area contributed by atoms with Crippen LogP contribution in [0, 0.1) is 0 Å². The Morgan fingerprint density at radius 1 is 0.862 bits per heavy atom. The fraction of sp³-hybridized carbons (Fsp3) is 0.368. The van der Waals surface area contributed by atoms with Gasteiger partial charge in [0.25, 0.3) is 0 Å². The molecule has 160 valence electrons. The Balaban J connectivity index is 2.69. The first-order valence-electron chi connectivity index (χ1n) is 8.35. The summed E-state index contributed by atoms with van der Waals surface area (Å²) in [5.74, 6) is -1.19. The van der Waals surface area contributed by atoms with Gasteiger partial charge in [-0.2, -0.15) is 26.3 Å². The van der Waals surface area contributed by atoms with E-state index in [1.165, 1.54) is 25.3 Å². The highest BCUT2D eigenvalue weighted by atomic mass is 19.4. The van der Waals surface area contributed by atoms with Crippen LogP contribution >= 0.6 is 0 Å². The maximum atomic E-state index is 13.5. The average molecular weight is 423 g/mol. The molecule has 0 aliphatic heterocycles. The fourth-order valence-electron chi connectivity index (χ4n) is 2.68. The number of hydrogen-bond donors (Lipinski definition) is 1. The fourth-order valence-corrected chi connectivity index (χ4v) is 2.68. The van der Waals surface area contributed by atoms with Gasteiger partial charge in [0.15, 0.2) is 5.75 Å². The molecule has 29 heavy (non-hydrogen) atoms. The smallest absolute Gasteiger partial charge is 0.420 e. The molecule has 0 unspecified atom stereocenters. The van der Waals surface area contributed by atoms with Gasteiger partial charge in [0.05, 0.1) is 19.9 Å². The molecule has 2 aromatic rings. The number of anilines is 1. The maximum absolute atomic E-state index is 13.5. The minimum atomic E-state index is -5.10. The van der Waals surface area contributed by atoms with E-state index in [9.17, 15) is 26.3 Å². The Kier molecular flexibility index (Phi) is 6.56. The van der Waals surface area contributed by atoms with Crippen LogP contribution in [0.15, 0.2) is 30.3 Å². The molecule has 0 aliphatic carbocycles. The van der Waals surface area contributed by atoms with E-state index in [1.807, 2.05) is 5.48 Å². The van der Waals surface area contributed by atoms with Gasteiger partial charge in [-0.15, -0.1) is 0 Å². The second kappa shape index (κ2) is 8.40. The van der Waals surface area contributed by atoms with Gasteiger partial charge in [-0.25, -0.2) is 0 Å². The lowest BCUT2D eigenvalue weighted by atomic mass is 10.0. The number of halogens is 6. The van der Waals surface area contributed by atoms with Crippen molar-refractivity contribution in [2.24, 2.45) is 0 Å². The molecule has 10 heteroatoms. The third-order valence-electron chi connectivity index (χ3n) is 3.96. The number of methoxy groups -OCH3 is 1. The van der Waals surface area contributed by atoms with Crippen molar-refractivity contribution in [3.63, 3.8) is 0 Å². The van der Waals surface area contributed by atoms with E-state index in [0.717, 1.165) is 7.11 Å². The zero-order valence-electron chi connectivity index (χ0n) is 16.0. The summed E-state index contributed by atoms with van der Waals surface area (Å²) in [5.41, 5.74) is -1.13. The molecule has 0 bridgehead atoms. The number of ether oxygens (including phenoxy) is 2. The van der Waals surface area contributed by atoms with Crippen molar-refractivity contribution in [2.45, 2.75) is 32.1 Å². The van der Waals surface area contributed by atoms with Crippen molar-refractivity contribution in [3.8, 4) is 17.2 Å². The van der Waals surface area contributed by atoms with E-state index in [1.54, 1.807) is 13.8 Å². The first kappa shape index (κ1) is 22.7. The third kappa shape index (κ3) is 5.26. The molecule has 0 aromatic heterocycles. The van der Waals surface area contributed by atoms with Gasteiger partial charge in [0.1, 0.15) is 22.6 Å². The van der Waals surface area contributed by atoms with Crippen LogP contribution in [0.4, 0.5) is 32.0 Å². The SMILES string of the molecule is CONc1cc(C(F)(F)F)c(Oc2ccc(OC)c(C(C)C)c2)c(C(F)(F)F)c1. The van der Waals surface area contributed by atoms with Crippen molar-refractivity contribution < 1.29 is 40.7 Å². The van der Waals surface area contributed by atoms with Crippen LogP contribution in [0.25, 0.3) is 0 Å². The predicted octanol–water partition coefficient (Wildman–Crippen LogP) is 6.62. The molecular weight excluding hydrogens is 404 g/mol. The summed E-state index contributed by atoms with van der Waals surface area (Å²) in [6, 6.07) is 4.99. The van der Waals surface area contributed by atoms with Crippen molar-refractivity contribution in [1.29, 1.82) is 0 Å². The second-order valence-electron chi connectivity index (χ2n) is 6.36. The van der Waals surface area contributed by atoms with Gasteiger partial charge in [-0.3, -0.25) is 10.3 Å². The first-order chi connectivity index (χ1) is 13.4. The van der Waals surface area contributed by atoms with Crippen LogP contribution in [0.5, 0.6) is 17.2 Å². The lowest BCUT2D eigenvalue weighted by Gasteiger charge is -2.21. The highest BCUT2D eigenvalue weighted by molar-refractivity contribution is 5.58. The van der Waals surface area contributed by atoms with Crippen molar-refractivity contribution >= 4 is 5.69 Å². The maximum Gasteiger partial charge on any atom is 0.420 e. The lowest BCUT2D eigenvalue weighted by Crippen LogP contribution is -2.15. The normalized spacial score (nSPS) is 12.2. The van der Waals surface area contributed by atoms with Crippen LogP contribution < -0.4 is 15.0 Å². The Bertz CT molecular complexity index is 827. The molecule has 2 aromatic carbocycles. The first-order valence-corrected chi connectivity index (χ1v) is 8.35. The molecule has 0 heterocycles. The van der Waals surface area contributed by atoms with E-state index in [2.05, 4.69) is 4.84 Å². The summed E-state index contributed by atoms with van der Waals surface area (Å²) in [7, 11) is 2.47. The molecule has 0 saturated heterocycles. The topological polar surface area (TPSA) is 39.7 Å². The predicted molar refractivity (Wildman–Crippen MR) is 94.2 cm³/mol. The van der Waals surface area contributed by atoms with Gasteiger partial charge >= 0.3 is 12.4 Å². The summed E-state index contributed by atoms with van der Waals surface area (Å²) in [6.45, 7) is 3.60. The summed E-state index contributed by atoms with van der Waals surface area (Å²) < 4.78 is 91.5. The van der Waals surface area contributed by atoms with Crippen LogP contribution in [-0.4, -0.2) is 14.2 Å². The minimum Gasteiger partial charge on any atom is -0.496 e. The van der Waals surface area contributed by atoms with Crippen LogP contribution in [0.3, 0.4) is 0 Å². The van der Waals surface area contributed by atoms with Gasteiger partial charge in [0, 0.05) is 5.56 Å². The van der Waals surface area contributed by atoms with Crippen molar-refractivity contribution in [2.75, 3.05) is 19.7 Å². The second-order valence-corrected chi connectivity index (χ2v) is 6.36. The summed E-state index contributed by atoms with van der Waals surface area (Å²) in [6.07, 6.45) is -10.2. The molecule has 0 saturated carbocycles. The van der Waals surface area contributed by atoms with Gasteiger partial charge < -0.3 is 9.47 Å². The van der Waals surface area contributed by atoms with Crippen LogP contribution in [0.1, 0.15) is 36.5 Å². The van der Waals surface area contributed by atoms with Crippen molar-refractivity contribution in [1.82, 2.24) is 0 Å². The average Bonchev–Trinajstić information content (AvgIpc) is 2.61. The number of hydrogen-bond acceptors (Lipinski definition) is 4. The van der Waals surface area contributed by atoms with Gasteiger partial charge in [-0.05, 0) is 36.2 Å². The molecule has 0 amide bonds. The van der Waals surface area contributed by atoms with Crippen LogP contribution in [-0.2, 0) is 17.2 Å². The molecule has 2 rings (SSSR count). The minimum absolute atomic E-state index is 0.106. The molecule has 0 aliphatic rings. The highest BCUT2D eigenvalue weighted by Crippen LogP contribution is 2.47. The molecule has 4 nitrogen and oxygen atoms in total. The number of benzene rings is 2. The number of alkyl halides is 6. The largest absolute Gasteiger partial charge is 0.496 e. The van der Waals surface area contributed by atoms with Gasteiger partial charge in [-0.1, -0.05) is 13.8 Å². The van der Waals surface area contributed by atoms with Crippen LogP contribution in [0.2, 0.25) is 0 Å². The molecule has 0 radical (unpaired) electrons. The Labute approximate surface area is 163 Å². The standard InChI is InChI=1S/C19H19F6NO3/c1-10(2)13-9-12(5-6-16(13)27-3)29-17-14(18(20,21)22)7-11(26-28-4)8-15(17)19(23,24)25/h5-10,26H,1-4H3. The Morgan fingerprint density at radius 3 is 1.83 bits per heavy atom. The Hall–Kier alpha value is -2.62. The number of rotatable bonds is 6.